The summed E-state index contributed by atoms with van der Waals surface area (Å²) in [5.74, 6) is 0.868. The fourth-order valence-corrected chi connectivity index (χ4v) is 4.44. The molecule has 0 spiro atoms. The summed E-state index contributed by atoms with van der Waals surface area (Å²) in [6.45, 7) is 12.1. The number of benzene rings is 1. The number of hydrogen-bond acceptors (Lipinski definition) is 9. The summed E-state index contributed by atoms with van der Waals surface area (Å²) in [5, 5.41) is 3.64. The highest BCUT2D eigenvalue weighted by molar-refractivity contribution is 5.77. The van der Waals surface area contributed by atoms with Crippen molar-refractivity contribution in [3.63, 3.8) is 0 Å². The SMILES string of the molecule is C=CCn1c(=O)c2cnc(Nc3ccc(N4CCN(C)CC4)cc3)nc2n1-c1cccc(C(=C)NOC)n1. The molecule has 2 N–H and O–H groups in total. The maximum atomic E-state index is 13.2. The van der Waals surface area contributed by atoms with E-state index in [0.717, 1.165) is 31.9 Å². The third-order valence-corrected chi connectivity index (χ3v) is 6.46. The van der Waals surface area contributed by atoms with Gasteiger partial charge in [0.2, 0.25) is 5.95 Å². The topological polar surface area (TPSA) is 105 Å². The molecular weight excluding hydrogens is 482 g/mol. The van der Waals surface area contributed by atoms with E-state index in [0.29, 0.717) is 34.2 Å². The van der Waals surface area contributed by atoms with Gasteiger partial charge in [0.1, 0.15) is 5.39 Å². The van der Waals surface area contributed by atoms with Gasteiger partial charge in [-0.05, 0) is 43.4 Å². The van der Waals surface area contributed by atoms with Crippen molar-refractivity contribution < 1.29 is 4.84 Å². The minimum Gasteiger partial charge on any atom is -0.369 e. The second kappa shape index (κ2) is 10.9. The molecule has 11 heteroatoms. The molecule has 196 valence electrons. The predicted molar refractivity (Wildman–Crippen MR) is 150 cm³/mol. The number of nitrogens with one attached hydrogen (secondary N) is 2. The summed E-state index contributed by atoms with van der Waals surface area (Å²) in [7, 11) is 3.65. The Hall–Kier alpha value is -4.48. The second-order valence-corrected chi connectivity index (χ2v) is 9.05. The van der Waals surface area contributed by atoms with Gasteiger partial charge in [0.05, 0.1) is 25.0 Å². The lowest BCUT2D eigenvalue weighted by atomic mass is 10.2. The van der Waals surface area contributed by atoms with Crippen LogP contribution >= 0.6 is 0 Å². The van der Waals surface area contributed by atoms with Gasteiger partial charge in [-0.3, -0.25) is 15.1 Å². The van der Waals surface area contributed by atoms with Gasteiger partial charge < -0.3 is 15.1 Å². The van der Waals surface area contributed by atoms with Gasteiger partial charge in [-0.1, -0.05) is 18.7 Å². The first-order valence-electron chi connectivity index (χ1n) is 12.3. The number of hydroxylamine groups is 1. The number of rotatable bonds is 9. The van der Waals surface area contributed by atoms with E-state index in [9.17, 15) is 4.79 Å². The third kappa shape index (κ3) is 5.01. The minimum absolute atomic E-state index is 0.232. The standard InChI is InChI=1S/C27H31N9O2/c1-5-13-35-26(37)22-18-28-27(29-20-9-11-21(12-10-20)34-16-14-33(3)15-17-34)31-25(22)36(35)24-8-6-7-23(30-24)19(2)32-38-4/h5-12,18,32H,1-2,13-17H2,3-4H3,(H,28,29,31). The number of fused-ring (bicyclic) bond motifs is 1. The molecular formula is C27H31N9O2. The van der Waals surface area contributed by atoms with E-state index in [-0.39, 0.29) is 12.1 Å². The number of aromatic nitrogens is 5. The Morgan fingerprint density at radius 2 is 1.87 bits per heavy atom. The van der Waals surface area contributed by atoms with Gasteiger partial charge in [-0.15, -0.1) is 6.58 Å². The van der Waals surface area contributed by atoms with E-state index in [1.165, 1.54) is 23.7 Å². The Labute approximate surface area is 220 Å². The van der Waals surface area contributed by atoms with Crippen molar-refractivity contribution in [3.05, 3.63) is 83.9 Å². The van der Waals surface area contributed by atoms with Crippen LogP contribution in [0.25, 0.3) is 22.5 Å². The summed E-state index contributed by atoms with van der Waals surface area (Å²) in [6.07, 6.45) is 3.19. The maximum Gasteiger partial charge on any atom is 0.278 e. The lowest BCUT2D eigenvalue weighted by molar-refractivity contribution is 0.136. The van der Waals surface area contributed by atoms with E-state index in [1.807, 2.05) is 18.2 Å². The zero-order valence-electron chi connectivity index (χ0n) is 21.6. The van der Waals surface area contributed by atoms with Crippen molar-refractivity contribution >= 4 is 34.1 Å². The number of pyridine rings is 1. The molecule has 0 amide bonds. The lowest BCUT2D eigenvalue weighted by Crippen LogP contribution is -2.44. The molecule has 0 saturated carbocycles. The van der Waals surface area contributed by atoms with Crippen molar-refractivity contribution in [2.75, 3.05) is 50.6 Å². The van der Waals surface area contributed by atoms with Crippen molar-refractivity contribution in [1.29, 1.82) is 0 Å². The smallest absolute Gasteiger partial charge is 0.278 e. The molecule has 4 aromatic rings. The summed E-state index contributed by atoms with van der Waals surface area (Å²) < 4.78 is 3.20. The maximum absolute atomic E-state index is 13.2. The van der Waals surface area contributed by atoms with E-state index < -0.39 is 0 Å². The molecule has 0 unspecified atom stereocenters. The summed E-state index contributed by atoms with van der Waals surface area (Å²) in [5.41, 5.74) is 5.98. The Balaban J connectivity index is 1.48. The molecule has 1 aliphatic heterocycles. The summed E-state index contributed by atoms with van der Waals surface area (Å²) in [4.78, 5) is 36.7. The molecule has 0 radical (unpaired) electrons. The number of nitrogens with zero attached hydrogens (tertiary/aromatic N) is 7. The molecule has 4 heterocycles. The number of piperazine rings is 1. The van der Waals surface area contributed by atoms with Gasteiger partial charge in [-0.25, -0.2) is 19.3 Å². The molecule has 1 aromatic carbocycles. The van der Waals surface area contributed by atoms with E-state index in [2.05, 4.69) is 62.9 Å². The van der Waals surface area contributed by atoms with Crippen LogP contribution in [0.1, 0.15) is 5.69 Å². The van der Waals surface area contributed by atoms with Crippen LogP contribution in [0.3, 0.4) is 0 Å². The van der Waals surface area contributed by atoms with Crippen LogP contribution in [0.5, 0.6) is 0 Å². The summed E-state index contributed by atoms with van der Waals surface area (Å²) >= 11 is 0. The molecule has 0 atom stereocenters. The molecule has 0 aliphatic carbocycles. The second-order valence-electron chi connectivity index (χ2n) is 9.05. The Kier molecular flexibility index (Phi) is 7.20. The van der Waals surface area contributed by atoms with E-state index >= 15 is 0 Å². The fourth-order valence-electron chi connectivity index (χ4n) is 4.44. The molecule has 3 aromatic heterocycles. The predicted octanol–water partition coefficient (Wildman–Crippen LogP) is 2.78. The van der Waals surface area contributed by atoms with Gasteiger partial charge in [0.25, 0.3) is 5.56 Å². The molecule has 38 heavy (non-hydrogen) atoms. The highest BCUT2D eigenvalue weighted by Gasteiger charge is 2.19. The van der Waals surface area contributed by atoms with Gasteiger partial charge in [-0.2, -0.15) is 4.98 Å². The number of hydrogen-bond donors (Lipinski definition) is 2. The van der Waals surface area contributed by atoms with E-state index in [1.54, 1.807) is 22.9 Å². The molecule has 0 bridgehead atoms. The molecule has 1 saturated heterocycles. The van der Waals surface area contributed by atoms with E-state index in [4.69, 9.17) is 9.82 Å². The van der Waals surface area contributed by atoms with Crippen LogP contribution in [0.15, 0.2) is 72.7 Å². The summed E-state index contributed by atoms with van der Waals surface area (Å²) in [6, 6.07) is 13.6. The minimum atomic E-state index is -0.232. The first-order chi connectivity index (χ1) is 18.5. The highest BCUT2D eigenvalue weighted by Crippen LogP contribution is 2.22. The number of likely N-dealkylation sites (N-methyl/N-ethyl adjacent to an activating group) is 1. The zero-order chi connectivity index (χ0) is 26.6. The molecule has 1 aliphatic rings. The van der Waals surface area contributed by atoms with Crippen LogP contribution in [0.2, 0.25) is 0 Å². The lowest BCUT2D eigenvalue weighted by Gasteiger charge is -2.34. The van der Waals surface area contributed by atoms with Gasteiger partial charge >= 0.3 is 0 Å². The van der Waals surface area contributed by atoms with Crippen LogP contribution in [0, 0.1) is 0 Å². The van der Waals surface area contributed by atoms with Crippen molar-refractivity contribution in [2.45, 2.75) is 6.54 Å². The molecule has 5 rings (SSSR count). The number of allylic oxidation sites excluding steroid dienone is 1. The quantitative estimate of drug-likeness (QED) is 0.258. The van der Waals surface area contributed by atoms with Crippen molar-refractivity contribution in [1.82, 2.24) is 34.7 Å². The van der Waals surface area contributed by atoms with Crippen LogP contribution in [-0.4, -0.2) is 69.6 Å². The largest absolute Gasteiger partial charge is 0.369 e. The Morgan fingerprint density at radius 3 is 2.58 bits per heavy atom. The first-order valence-corrected chi connectivity index (χ1v) is 12.3. The van der Waals surface area contributed by atoms with Crippen LogP contribution < -0.4 is 21.3 Å². The Bertz CT molecular complexity index is 1520. The highest BCUT2D eigenvalue weighted by atomic mass is 16.6. The average molecular weight is 514 g/mol. The number of anilines is 3. The average Bonchev–Trinajstić information content (AvgIpc) is 3.20. The molecule has 1 fully saturated rings. The van der Waals surface area contributed by atoms with Crippen LogP contribution in [0.4, 0.5) is 17.3 Å². The van der Waals surface area contributed by atoms with Crippen LogP contribution in [-0.2, 0) is 11.4 Å². The monoisotopic (exact) mass is 513 g/mol. The third-order valence-electron chi connectivity index (χ3n) is 6.46. The zero-order valence-corrected chi connectivity index (χ0v) is 21.6. The normalized spacial score (nSPS) is 14.0. The Morgan fingerprint density at radius 1 is 1.11 bits per heavy atom. The van der Waals surface area contributed by atoms with Gasteiger partial charge in [0, 0.05) is 43.8 Å². The molecule has 11 nitrogen and oxygen atoms in total. The first kappa shape index (κ1) is 25.2. The fraction of sp³-hybridized carbons (Fsp3) is 0.259. The van der Waals surface area contributed by atoms with Gasteiger partial charge in [0.15, 0.2) is 11.5 Å². The van der Waals surface area contributed by atoms with Crippen molar-refractivity contribution in [2.24, 2.45) is 0 Å². The van der Waals surface area contributed by atoms with Crippen molar-refractivity contribution in [3.8, 4) is 5.82 Å².